The number of carbonyl (C=O) groups excluding carboxylic acids is 1. The fourth-order valence-corrected chi connectivity index (χ4v) is 2.17. The molecule has 0 aliphatic carbocycles. The Labute approximate surface area is 136 Å². The summed E-state index contributed by atoms with van der Waals surface area (Å²) in [6.07, 6.45) is 4.25. The lowest BCUT2D eigenvalue weighted by Crippen LogP contribution is -2.33. The van der Waals surface area contributed by atoms with E-state index >= 15 is 0 Å². The summed E-state index contributed by atoms with van der Waals surface area (Å²) < 4.78 is 0. The van der Waals surface area contributed by atoms with Gasteiger partial charge >= 0.3 is 6.03 Å². The molecule has 0 atom stereocenters. The van der Waals surface area contributed by atoms with E-state index in [1.165, 1.54) is 11.1 Å². The molecule has 0 spiro atoms. The largest absolute Gasteiger partial charge is 0.338 e. The summed E-state index contributed by atoms with van der Waals surface area (Å²) in [7, 11) is 0. The first kappa shape index (κ1) is 16.1. The molecule has 2 rings (SSSR count). The zero-order chi connectivity index (χ0) is 15.8. The van der Waals surface area contributed by atoms with Crippen LogP contribution in [0.15, 0.2) is 54.7 Å². The van der Waals surface area contributed by atoms with Crippen LogP contribution in [0.1, 0.15) is 16.7 Å². The first-order chi connectivity index (χ1) is 10.6. The SMILES string of the molecule is Cc1ccccc1CCNC(=O)N/C=C/c1ccc(Cl)cc1. The number of nitrogens with one attached hydrogen (secondary N) is 2. The molecule has 0 fully saturated rings. The summed E-state index contributed by atoms with van der Waals surface area (Å²) in [5, 5.41) is 6.21. The van der Waals surface area contributed by atoms with Crippen molar-refractivity contribution >= 4 is 23.7 Å². The lowest BCUT2D eigenvalue weighted by Gasteiger charge is -2.07. The second-order valence-electron chi connectivity index (χ2n) is 4.96. The Bertz CT molecular complexity index is 650. The van der Waals surface area contributed by atoms with E-state index in [9.17, 15) is 4.79 Å². The molecule has 0 saturated carbocycles. The number of aryl methyl sites for hydroxylation is 1. The van der Waals surface area contributed by atoms with Crippen LogP contribution >= 0.6 is 11.6 Å². The average molecular weight is 315 g/mol. The van der Waals surface area contributed by atoms with Crippen LogP contribution in [0.2, 0.25) is 5.02 Å². The maximum atomic E-state index is 11.7. The highest BCUT2D eigenvalue weighted by molar-refractivity contribution is 6.30. The molecule has 0 aliphatic heterocycles. The van der Waals surface area contributed by atoms with Crippen molar-refractivity contribution in [3.63, 3.8) is 0 Å². The highest BCUT2D eigenvalue weighted by Crippen LogP contribution is 2.10. The molecule has 4 heteroatoms. The third-order valence-electron chi connectivity index (χ3n) is 3.30. The smallest absolute Gasteiger partial charge is 0.318 e. The first-order valence-electron chi connectivity index (χ1n) is 7.16. The van der Waals surface area contributed by atoms with Crippen LogP contribution in [-0.4, -0.2) is 12.6 Å². The van der Waals surface area contributed by atoms with Gasteiger partial charge in [-0.25, -0.2) is 4.79 Å². The van der Waals surface area contributed by atoms with Crippen LogP contribution in [0.4, 0.5) is 4.79 Å². The van der Waals surface area contributed by atoms with Gasteiger partial charge in [0, 0.05) is 17.8 Å². The second-order valence-corrected chi connectivity index (χ2v) is 5.40. The monoisotopic (exact) mass is 314 g/mol. The maximum Gasteiger partial charge on any atom is 0.318 e. The minimum Gasteiger partial charge on any atom is -0.338 e. The third-order valence-corrected chi connectivity index (χ3v) is 3.55. The van der Waals surface area contributed by atoms with Crippen molar-refractivity contribution in [2.45, 2.75) is 13.3 Å². The third kappa shape index (κ3) is 5.26. The van der Waals surface area contributed by atoms with E-state index in [-0.39, 0.29) is 6.03 Å². The molecule has 22 heavy (non-hydrogen) atoms. The van der Waals surface area contributed by atoms with Crippen molar-refractivity contribution in [2.24, 2.45) is 0 Å². The number of benzene rings is 2. The molecular formula is C18H19ClN2O. The summed E-state index contributed by atoms with van der Waals surface area (Å²) in [6.45, 7) is 2.68. The molecule has 0 unspecified atom stereocenters. The standard InChI is InChI=1S/C18H19ClN2O/c1-14-4-2-3-5-16(14)11-13-21-18(22)20-12-10-15-6-8-17(19)9-7-15/h2-10,12H,11,13H2,1H3,(H2,20,21,22)/b12-10+. The Morgan fingerprint density at radius 2 is 1.86 bits per heavy atom. The molecule has 3 nitrogen and oxygen atoms in total. The zero-order valence-electron chi connectivity index (χ0n) is 12.5. The van der Waals surface area contributed by atoms with Crippen LogP contribution in [0.3, 0.4) is 0 Å². The minimum atomic E-state index is -0.209. The van der Waals surface area contributed by atoms with Crippen LogP contribution in [-0.2, 0) is 6.42 Å². The van der Waals surface area contributed by atoms with E-state index in [2.05, 4.69) is 29.7 Å². The molecule has 0 radical (unpaired) electrons. The lowest BCUT2D eigenvalue weighted by atomic mass is 10.1. The zero-order valence-corrected chi connectivity index (χ0v) is 13.2. The summed E-state index contributed by atoms with van der Waals surface area (Å²) in [5.74, 6) is 0. The number of urea groups is 1. The Balaban J connectivity index is 1.72. The highest BCUT2D eigenvalue weighted by Gasteiger charge is 1.99. The van der Waals surface area contributed by atoms with Gasteiger partial charge in [0.15, 0.2) is 0 Å². The summed E-state index contributed by atoms with van der Waals surface area (Å²) in [6, 6.07) is 15.4. The van der Waals surface area contributed by atoms with Gasteiger partial charge in [-0.15, -0.1) is 0 Å². The van der Waals surface area contributed by atoms with Gasteiger partial charge in [0.25, 0.3) is 0 Å². The molecule has 0 aromatic heterocycles. The molecule has 114 valence electrons. The number of amides is 2. The fourth-order valence-electron chi connectivity index (χ4n) is 2.04. The van der Waals surface area contributed by atoms with Gasteiger partial charge in [0.05, 0.1) is 0 Å². The van der Waals surface area contributed by atoms with E-state index in [4.69, 9.17) is 11.6 Å². The van der Waals surface area contributed by atoms with Crippen LogP contribution in [0, 0.1) is 6.92 Å². The quantitative estimate of drug-likeness (QED) is 0.854. The molecule has 0 aliphatic rings. The summed E-state index contributed by atoms with van der Waals surface area (Å²) >= 11 is 5.81. The molecule has 0 saturated heterocycles. The fraction of sp³-hybridized carbons (Fsp3) is 0.167. The van der Waals surface area contributed by atoms with Gasteiger partial charge in [0.2, 0.25) is 0 Å². The summed E-state index contributed by atoms with van der Waals surface area (Å²) in [5.41, 5.74) is 3.47. The molecule has 0 bridgehead atoms. The van der Waals surface area contributed by atoms with Gasteiger partial charge in [0.1, 0.15) is 0 Å². The van der Waals surface area contributed by atoms with Crippen molar-refractivity contribution in [1.29, 1.82) is 0 Å². The Morgan fingerprint density at radius 3 is 2.59 bits per heavy atom. The van der Waals surface area contributed by atoms with Gasteiger partial charge in [-0.3, -0.25) is 0 Å². The molecule has 2 N–H and O–H groups in total. The lowest BCUT2D eigenvalue weighted by molar-refractivity contribution is 0.244. The molecule has 0 heterocycles. The van der Waals surface area contributed by atoms with Crippen LogP contribution in [0.5, 0.6) is 0 Å². The second kappa shape index (κ2) is 8.25. The van der Waals surface area contributed by atoms with Crippen molar-refractivity contribution in [1.82, 2.24) is 10.6 Å². The Kier molecular flexibility index (Phi) is 6.04. The molecule has 2 amide bonds. The van der Waals surface area contributed by atoms with E-state index in [1.807, 2.05) is 42.5 Å². The van der Waals surface area contributed by atoms with Gasteiger partial charge in [-0.05, 0) is 48.2 Å². The molecule has 2 aromatic rings. The first-order valence-corrected chi connectivity index (χ1v) is 7.54. The van der Waals surface area contributed by atoms with Crippen molar-refractivity contribution in [3.05, 3.63) is 76.4 Å². The predicted molar refractivity (Wildman–Crippen MR) is 91.9 cm³/mol. The van der Waals surface area contributed by atoms with E-state index < -0.39 is 0 Å². The topological polar surface area (TPSA) is 41.1 Å². The number of hydrogen-bond donors (Lipinski definition) is 2. The Morgan fingerprint density at radius 1 is 1.14 bits per heavy atom. The van der Waals surface area contributed by atoms with Crippen LogP contribution in [0.25, 0.3) is 6.08 Å². The van der Waals surface area contributed by atoms with E-state index in [0.717, 1.165) is 12.0 Å². The normalized spacial score (nSPS) is 10.6. The van der Waals surface area contributed by atoms with Gasteiger partial charge in [-0.2, -0.15) is 0 Å². The highest BCUT2D eigenvalue weighted by atomic mass is 35.5. The van der Waals surface area contributed by atoms with Crippen LogP contribution < -0.4 is 10.6 Å². The average Bonchev–Trinajstić information content (AvgIpc) is 2.51. The van der Waals surface area contributed by atoms with Crippen molar-refractivity contribution in [3.8, 4) is 0 Å². The van der Waals surface area contributed by atoms with Gasteiger partial charge < -0.3 is 10.6 Å². The molecular weight excluding hydrogens is 296 g/mol. The number of rotatable bonds is 5. The van der Waals surface area contributed by atoms with Crippen molar-refractivity contribution in [2.75, 3.05) is 6.54 Å². The van der Waals surface area contributed by atoms with E-state index in [1.54, 1.807) is 6.20 Å². The maximum absolute atomic E-state index is 11.7. The number of carbonyl (C=O) groups is 1. The number of halogens is 1. The molecule has 2 aromatic carbocycles. The minimum absolute atomic E-state index is 0.209. The van der Waals surface area contributed by atoms with Gasteiger partial charge in [-0.1, -0.05) is 48.0 Å². The predicted octanol–water partition coefficient (Wildman–Crippen LogP) is 4.16. The summed E-state index contributed by atoms with van der Waals surface area (Å²) in [4.78, 5) is 11.7. The number of hydrogen-bond acceptors (Lipinski definition) is 1. The Hall–Kier alpha value is -2.26. The van der Waals surface area contributed by atoms with E-state index in [0.29, 0.717) is 11.6 Å². The van der Waals surface area contributed by atoms with Crippen molar-refractivity contribution < 1.29 is 4.79 Å².